The molecule has 1 fully saturated rings. The van der Waals surface area contributed by atoms with Crippen LogP contribution in [-0.2, 0) is 4.79 Å². The molecule has 1 aliphatic rings. The van der Waals surface area contributed by atoms with Crippen LogP contribution in [0.2, 0.25) is 0 Å². The molecule has 5 nitrogen and oxygen atoms in total. The lowest BCUT2D eigenvalue weighted by Crippen LogP contribution is -2.38. The molecule has 0 radical (unpaired) electrons. The first-order chi connectivity index (χ1) is 10.6. The number of hydrogen-bond donors (Lipinski definition) is 1. The fourth-order valence-corrected chi connectivity index (χ4v) is 2.62. The summed E-state index contributed by atoms with van der Waals surface area (Å²) in [4.78, 5) is 26.0. The molecule has 0 aromatic heterocycles. The van der Waals surface area contributed by atoms with Gasteiger partial charge in [-0.1, -0.05) is 0 Å². The van der Waals surface area contributed by atoms with E-state index in [-0.39, 0.29) is 43.0 Å². The van der Waals surface area contributed by atoms with E-state index in [4.69, 9.17) is 4.74 Å². The van der Waals surface area contributed by atoms with Crippen LogP contribution in [-0.4, -0.2) is 49.4 Å². The Hall–Kier alpha value is -1.59. The Labute approximate surface area is 143 Å². The van der Waals surface area contributed by atoms with Gasteiger partial charge in [0.1, 0.15) is 5.75 Å². The summed E-state index contributed by atoms with van der Waals surface area (Å²) < 4.78 is 5.35. The fraction of sp³-hybridized carbons (Fsp3) is 0.529. The van der Waals surface area contributed by atoms with Gasteiger partial charge in [0.25, 0.3) is 0 Å². The number of ketones is 1. The van der Waals surface area contributed by atoms with E-state index in [0.717, 1.165) is 25.3 Å². The van der Waals surface area contributed by atoms with E-state index < -0.39 is 0 Å². The number of ether oxygens (including phenoxy) is 1. The smallest absolute Gasteiger partial charge is 0.223 e. The average Bonchev–Trinajstić information content (AvgIpc) is 3.07. The van der Waals surface area contributed by atoms with E-state index in [1.807, 2.05) is 14.0 Å². The number of carbonyl (C=O) groups excluding carboxylic acids is 2. The van der Waals surface area contributed by atoms with Crippen LogP contribution in [0.3, 0.4) is 0 Å². The predicted octanol–water partition coefficient (Wildman–Crippen LogP) is 2.29. The Morgan fingerprint density at radius 1 is 1.26 bits per heavy atom. The number of rotatable bonds is 7. The quantitative estimate of drug-likeness (QED) is 0.774. The third-order valence-electron chi connectivity index (χ3n) is 4.03. The standard InChI is InChI=1S/C17H24N2O3.ClH/c1-3-22-15-6-4-13(5-7-15)16(20)8-9-17(21)19(2)14-10-11-18-12-14;/h4-7,14,18H,3,8-12H2,1-2H3;1H. The third kappa shape index (κ3) is 5.52. The number of hydrogen-bond acceptors (Lipinski definition) is 4. The van der Waals surface area contributed by atoms with Gasteiger partial charge in [0.15, 0.2) is 5.78 Å². The number of amides is 1. The Morgan fingerprint density at radius 3 is 2.52 bits per heavy atom. The zero-order chi connectivity index (χ0) is 15.9. The Morgan fingerprint density at radius 2 is 1.96 bits per heavy atom. The first-order valence-corrected chi connectivity index (χ1v) is 7.84. The van der Waals surface area contributed by atoms with Crippen molar-refractivity contribution in [3.05, 3.63) is 29.8 Å². The van der Waals surface area contributed by atoms with Crippen LogP contribution in [0, 0.1) is 0 Å². The van der Waals surface area contributed by atoms with Crippen molar-refractivity contribution < 1.29 is 14.3 Å². The van der Waals surface area contributed by atoms with Gasteiger partial charge in [0, 0.05) is 38.0 Å². The van der Waals surface area contributed by atoms with Gasteiger partial charge in [-0.3, -0.25) is 9.59 Å². The number of carbonyl (C=O) groups is 2. The van der Waals surface area contributed by atoms with Crippen LogP contribution in [0.1, 0.15) is 36.5 Å². The second-order valence-electron chi connectivity index (χ2n) is 5.53. The number of nitrogens with zero attached hydrogens (tertiary/aromatic N) is 1. The summed E-state index contributed by atoms with van der Waals surface area (Å²) in [5.41, 5.74) is 0.626. The molecule has 1 heterocycles. The predicted molar refractivity (Wildman–Crippen MR) is 92.5 cm³/mol. The highest BCUT2D eigenvalue weighted by molar-refractivity contribution is 5.98. The summed E-state index contributed by atoms with van der Waals surface area (Å²) in [7, 11) is 1.82. The van der Waals surface area contributed by atoms with Crippen molar-refractivity contribution in [2.45, 2.75) is 32.2 Å². The van der Waals surface area contributed by atoms with Crippen molar-refractivity contribution in [1.82, 2.24) is 10.2 Å². The lowest BCUT2D eigenvalue weighted by molar-refractivity contribution is -0.131. The topological polar surface area (TPSA) is 58.6 Å². The van der Waals surface area contributed by atoms with Crippen LogP contribution >= 0.6 is 12.4 Å². The lowest BCUT2D eigenvalue weighted by Gasteiger charge is -2.23. The number of likely N-dealkylation sites (N-methyl/N-ethyl adjacent to an activating group) is 1. The molecular weight excluding hydrogens is 316 g/mol. The number of Topliss-reactive ketones (excluding diaryl/α,β-unsaturated/α-hetero) is 1. The summed E-state index contributed by atoms with van der Waals surface area (Å²) >= 11 is 0. The molecule has 2 rings (SSSR count). The highest BCUT2D eigenvalue weighted by Crippen LogP contribution is 2.15. The summed E-state index contributed by atoms with van der Waals surface area (Å²) in [6.45, 7) is 4.31. The van der Waals surface area contributed by atoms with Gasteiger partial charge in [-0.15, -0.1) is 12.4 Å². The summed E-state index contributed by atoms with van der Waals surface area (Å²) in [5, 5.41) is 3.24. The van der Waals surface area contributed by atoms with Gasteiger partial charge >= 0.3 is 0 Å². The van der Waals surface area contributed by atoms with Gasteiger partial charge in [-0.2, -0.15) is 0 Å². The van der Waals surface area contributed by atoms with Crippen LogP contribution < -0.4 is 10.1 Å². The maximum atomic E-state index is 12.1. The molecule has 0 aliphatic carbocycles. The molecule has 0 saturated carbocycles. The zero-order valence-corrected chi connectivity index (χ0v) is 14.5. The van der Waals surface area contributed by atoms with Gasteiger partial charge in [-0.05, 0) is 44.2 Å². The van der Waals surface area contributed by atoms with Gasteiger partial charge in [0.2, 0.25) is 5.91 Å². The maximum absolute atomic E-state index is 12.1. The molecule has 1 aromatic rings. The Kier molecular flexibility index (Phi) is 8.06. The normalized spacial score (nSPS) is 16.5. The molecule has 1 aliphatic heterocycles. The van der Waals surface area contributed by atoms with Gasteiger partial charge < -0.3 is 15.0 Å². The molecule has 0 bridgehead atoms. The van der Waals surface area contributed by atoms with Crippen molar-refractivity contribution in [1.29, 1.82) is 0 Å². The van der Waals surface area contributed by atoms with Gasteiger partial charge in [-0.25, -0.2) is 0 Å². The SMILES string of the molecule is CCOc1ccc(C(=O)CCC(=O)N(C)C2CCNC2)cc1.Cl. The lowest BCUT2D eigenvalue weighted by atomic mass is 10.1. The van der Waals surface area contributed by atoms with Crippen molar-refractivity contribution in [2.24, 2.45) is 0 Å². The van der Waals surface area contributed by atoms with Crippen molar-refractivity contribution in [3.63, 3.8) is 0 Å². The van der Waals surface area contributed by atoms with E-state index in [9.17, 15) is 9.59 Å². The van der Waals surface area contributed by atoms with E-state index in [1.54, 1.807) is 29.2 Å². The summed E-state index contributed by atoms with van der Waals surface area (Å²) in [5.74, 6) is 0.783. The number of halogens is 1. The molecule has 128 valence electrons. The highest BCUT2D eigenvalue weighted by Gasteiger charge is 2.23. The number of nitrogens with one attached hydrogen (secondary N) is 1. The maximum Gasteiger partial charge on any atom is 0.223 e. The first-order valence-electron chi connectivity index (χ1n) is 7.84. The monoisotopic (exact) mass is 340 g/mol. The fourth-order valence-electron chi connectivity index (χ4n) is 2.62. The van der Waals surface area contributed by atoms with Gasteiger partial charge in [0.05, 0.1) is 6.61 Å². The average molecular weight is 341 g/mol. The largest absolute Gasteiger partial charge is 0.494 e. The minimum atomic E-state index is -0.00524. The second-order valence-corrected chi connectivity index (χ2v) is 5.53. The molecule has 0 spiro atoms. The third-order valence-corrected chi connectivity index (χ3v) is 4.03. The molecule has 1 saturated heterocycles. The molecule has 1 N–H and O–H groups in total. The molecule has 1 atom stereocenters. The van der Waals surface area contributed by atoms with E-state index in [1.165, 1.54) is 0 Å². The minimum Gasteiger partial charge on any atom is -0.494 e. The summed E-state index contributed by atoms with van der Waals surface area (Å²) in [6, 6.07) is 7.34. The van der Waals surface area contributed by atoms with Crippen LogP contribution in [0.5, 0.6) is 5.75 Å². The molecular formula is C17H25ClN2O3. The molecule has 1 aromatic carbocycles. The van der Waals surface area contributed by atoms with E-state index in [0.29, 0.717) is 12.2 Å². The minimum absolute atomic E-state index is 0. The molecule has 1 unspecified atom stereocenters. The molecule has 6 heteroatoms. The Bertz CT molecular complexity index is 513. The van der Waals surface area contributed by atoms with Crippen LogP contribution in [0.15, 0.2) is 24.3 Å². The highest BCUT2D eigenvalue weighted by atomic mass is 35.5. The van der Waals surface area contributed by atoms with Crippen molar-refractivity contribution in [2.75, 3.05) is 26.7 Å². The Balaban J connectivity index is 0.00000264. The van der Waals surface area contributed by atoms with Crippen LogP contribution in [0.25, 0.3) is 0 Å². The zero-order valence-electron chi connectivity index (χ0n) is 13.7. The van der Waals surface area contributed by atoms with Crippen LogP contribution in [0.4, 0.5) is 0 Å². The van der Waals surface area contributed by atoms with Crippen molar-refractivity contribution >= 4 is 24.1 Å². The summed E-state index contributed by atoms with van der Waals surface area (Å²) in [6.07, 6.45) is 1.49. The van der Waals surface area contributed by atoms with E-state index >= 15 is 0 Å². The number of benzene rings is 1. The molecule has 1 amide bonds. The van der Waals surface area contributed by atoms with E-state index in [2.05, 4.69) is 5.32 Å². The second kappa shape index (κ2) is 9.53. The first kappa shape index (κ1) is 19.5. The van der Waals surface area contributed by atoms with Crippen molar-refractivity contribution in [3.8, 4) is 5.75 Å². The molecule has 23 heavy (non-hydrogen) atoms.